The molecule has 2 amide bonds. The third-order valence-corrected chi connectivity index (χ3v) is 4.00. The van der Waals surface area contributed by atoms with Gasteiger partial charge < -0.3 is 15.6 Å². The van der Waals surface area contributed by atoms with E-state index in [-0.39, 0.29) is 11.8 Å². The maximum atomic E-state index is 12.1. The number of carbonyl (C=O) groups is 2. The van der Waals surface area contributed by atoms with Crippen LogP contribution in [0.3, 0.4) is 0 Å². The van der Waals surface area contributed by atoms with Gasteiger partial charge in [-0.15, -0.1) is 0 Å². The molecule has 1 aliphatic rings. The molecule has 0 aliphatic carbocycles. The zero-order valence-corrected chi connectivity index (χ0v) is 11.4. The summed E-state index contributed by atoms with van der Waals surface area (Å²) >= 11 is 1.58. The second-order valence-electron chi connectivity index (χ2n) is 4.74. The van der Waals surface area contributed by atoms with Gasteiger partial charge in [-0.25, -0.2) is 4.98 Å². The van der Waals surface area contributed by atoms with E-state index >= 15 is 0 Å². The zero-order chi connectivity index (χ0) is 13.9. The van der Waals surface area contributed by atoms with E-state index in [1.807, 2.05) is 16.8 Å². The number of aromatic nitrogens is 2. The summed E-state index contributed by atoms with van der Waals surface area (Å²) in [5.41, 5.74) is 1.88. The predicted octanol–water partition coefficient (Wildman–Crippen LogP) is 0.240. The van der Waals surface area contributed by atoms with Gasteiger partial charge in [-0.2, -0.15) is 11.3 Å². The van der Waals surface area contributed by atoms with E-state index < -0.39 is 12.1 Å². The Labute approximate surface area is 119 Å². The summed E-state index contributed by atoms with van der Waals surface area (Å²) in [6.07, 6.45) is 4.15. The molecule has 104 valence electrons. The number of imidazole rings is 1. The quantitative estimate of drug-likeness (QED) is 0.754. The molecular formula is C13H14N4O2S. The van der Waals surface area contributed by atoms with Crippen molar-refractivity contribution in [1.82, 2.24) is 20.6 Å². The van der Waals surface area contributed by atoms with Crippen molar-refractivity contribution in [3.05, 3.63) is 40.6 Å². The van der Waals surface area contributed by atoms with Crippen LogP contribution in [-0.2, 0) is 22.4 Å². The largest absolute Gasteiger partial charge is 0.348 e. The highest BCUT2D eigenvalue weighted by Gasteiger charge is 2.33. The highest BCUT2D eigenvalue weighted by molar-refractivity contribution is 7.07. The Morgan fingerprint density at radius 2 is 1.90 bits per heavy atom. The summed E-state index contributed by atoms with van der Waals surface area (Å²) < 4.78 is 0. The first-order valence-electron chi connectivity index (χ1n) is 6.31. The Balaban J connectivity index is 1.64. The number of aromatic amines is 1. The van der Waals surface area contributed by atoms with Crippen LogP contribution in [0.2, 0.25) is 0 Å². The Morgan fingerprint density at radius 1 is 1.15 bits per heavy atom. The van der Waals surface area contributed by atoms with Crippen molar-refractivity contribution in [2.75, 3.05) is 0 Å². The van der Waals surface area contributed by atoms with Crippen molar-refractivity contribution in [1.29, 1.82) is 0 Å². The SMILES string of the molecule is O=C1N[C@@H](Cc2cnc[nH]2)C(=O)N[C@H]1Cc1ccsc1. The van der Waals surface area contributed by atoms with Crippen molar-refractivity contribution in [2.24, 2.45) is 0 Å². The Bertz CT molecular complexity index is 540. The van der Waals surface area contributed by atoms with Gasteiger partial charge in [0.1, 0.15) is 12.1 Å². The second kappa shape index (κ2) is 5.46. The van der Waals surface area contributed by atoms with Crippen LogP contribution < -0.4 is 10.6 Å². The molecule has 0 spiro atoms. The fourth-order valence-corrected chi connectivity index (χ4v) is 2.91. The Morgan fingerprint density at radius 3 is 2.50 bits per heavy atom. The lowest BCUT2D eigenvalue weighted by Crippen LogP contribution is -2.62. The van der Waals surface area contributed by atoms with Crippen molar-refractivity contribution in [2.45, 2.75) is 24.9 Å². The second-order valence-corrected chi connectivity index (χ2v) is 5.52. The maximum absolute atomic E-state index is 12.1. The number of nitrogens with zero attached hydrogens (tertiary/aromatic N) is 1. The van der Waals surface area contributed by atoms with Crippen molar-refractivity contribution in [3.8, 4) is 0 Å². The lowest BCUT2D eigenvalue weighted by Gasteiger charge is -2.29. The standard InChI is InChI=1S/C13H14N4O2S/c18-12-10(3-8-1-2-20-6-8)16-13(19)11(17-12)4-9-5-14-7-15-9/h1-2,5-7,10-11H,3-4H2,(H,14,15)(H,16,19)(H,17,18)/t10-,11-/m0/s1. The van der Waals surface area contributed by atoms with E-state index in [0.717, 1.165) is 11.3 Å². The van der Waals surface area contributed by atoms with Crippen LogP contribution in [0.5, 0.6) is 0 Å². The van der Waals surface area contributed by atoms with Crippen LogP contribution in [0, 0.1) is 0 Å². The zero-order valence-electron chi connectivity index (χ0n) is 10.6. The molecule has 3 rings (SSSR count). The van der Waals surface area contributed by atoms with Gasteiger partial charge in [0.25, 0.3) is 0 Å². The average Bonchev–Trinajstić information content (AvgIpc) is 3.08. The van der Waals surface area contributed by atoms with Gasteiger partial charge >= 0.3 is 0 Å². The average molecular weight is 290 g/mol. The molecule has 0 unspecified atom stereocenters. The number of H-pyrrole nitrogens is 1. The van der Waals surface area contributed by atoms with Crippen LogP contribution in [0.1, 0.15) is 11.3 Å². The smallest absolute Gasteiger partial charge is 0.243 e. The monoisotopic (exact) mass is 290 g/mol. The third kappa shape index (κ3) is 2.72. The molecule has 1 fully saturated rings. The van der Waals surface area contributed by atoms with Crippen molar-refractivity contribution < 1.29 is 9.59 Å². The van der Waals surface area contributed by atoms with Gasteiger partial charge in [-0.05, 0) is 22.4 Å². The molecule has 0 saturated carbocycles. The van der Waals surface area contributed by atoms with E-state index in [9.17, 15) is 9.59 Å². The number of piperazine rings is 1. The number of amides is 2. The maximum Gasteiger partial charge on any atom is 0.243 e. The molecule has 0 aromatic carbocycles. The first-order valence-corrected chi connectivity index (χ1v) is 7.26. The minimum atomic E-state index is -0.540. The summed E-state index contributed by atoms with van der Waals surface area (Å²) in [5, 5.41) is 9.50. The minimum Gasteiger partial charge on any atom is -0.348 e. The summed E-state index contributed by atoms with van der Waals surface area (Å²) in [6, 6.07) is 0.928. The summed E-state index contributed by atoms with van der Waals surface area (Å²) in [6.45, 7) is 0. The van der Waals surface area contributed by atoms with Gasteiger partial charge in [0.15, 0.2) is 0 Å². The normalized spacial score (nSPS) is 22.4. The van der Waals surface area contributed by atoms with Crippen LogP contribution in [0.15, 0.2) is 29.4 Å². The first-order chi connectivity index (χ1) is 9.72. The molecule has 1 aliphatic heterocycles. The molecule has 20 heavy (non-hydrogen) atoms. The lowest BCUT2D eigenvalue weighted by atomic mass is 10.0. The van der Waals surface area contributed by atoms with E-state index in [1.54, 1.807) is 23.9 Å². The van der Waals surface area contributed by atoms with Crippen LogP contribution in [0.4, 0.5) is 0 Å². The fraction of sp³-hybridized carbons (Fsp3) is 0.308. The molecule has 3 N–H and O–H groups in total. The summed E-state index contributed by atoms with van der Waals surface area (Å²) in [7, 11) is 0. The molecule has 0 bridgehead atoms. The van der Waals surface area contributed by atoms with Crippen molar-refractivity contribution in [3.63, 3.8) is 0 Å². The van der Waals surface area contributed by atoms with Gasteiger partial charge in [0.2, 0.25) is 11.8 Å². The molecule has 0 radical (unpaired) electrons. The highest BCUT2D eigenvalue weighted by atomic mass is 32.1. The molecule has 1 saturated heterocycles. The Kier molecular flexibility index (Phi) is 3.51. The number of hydrogen-bond acceptors (Lipinski definition) is 4. The fourth-order valence-electron chi connectivity index (χ4n) is 2.22. The number of carbonyl (C=O) groups excluding carboxylic acids is 2. The molecule has 3 heterocycles. The molecule has 7 heteroatoms. The van der Waals surface area contributed by atoms with Crippen molar-refractivity contribution >= 4 is 23.2 Å². The molecule has 2 atom stereocenters. The number of hydrogen-bond donors (Lipinski definition) is 3. The first kappa shape index (κ1) is 12.9. The van der Waals surface area contributed by atoms with Crippen LogP contribution in [0.25, 0.3) is 0 Å². The molecule has 6 nitrogen and oxygen atoms in total. The van der Waals surface area contributed by atoms with Gasteiger partial charge in [-0.1, -0.05) is 0 Å². The van der Waals surface area contributed by atoms with E-state index in [2.05, 4.69) is 20.6 Å². The number of thiophene rings is 1. The third-order valence-electron chi connectivity index (χ3n) is 3.26. The van der Waals surface area contributed by atoms with E-state index in [4.69, 9.17) is 0 Å². The van der Waals surface area contributed by atoms with Crippen LogP contribution >= 0.6 is 11.3 Å². The predicted molar refractivity (Wildman–Crippen MR) is 74.2 cm³/mol. The number of rotatable bonds is 4. The van der Waals surface area contributed by atoms with E-state index in [0.29, 0.717) is 12.8 Å². The van der Waals surface area contributed by atoms with Gasteiger partial charge in [0, 0.05) is 24.7 Å². The molecular weight excluding hydrogens is 276 g/mol. The summed E-state index contributed by atoms with van der Waals surface area (Å²) in [4.78, 5) is 30.9. The minimum absolute atomic E-state index is 0.139. The highest BCUT2D eigenvalue weighted by Crippen LogP contribution is 2.11. The van der Waals surface area contributed by atoms with E-state index in [1.165, 1.54) is 0 Å². The van der Waals surface area contributed by atoms with Crippen LogP contribution in [-0.4, -0.2) is 33.9 Å². The molecule has 2 aromatic heterocycles. The molecule has 2 aromatic rings. The topological polar surface area (TPSA) is 86.9 Å². The lowest BCUT2D eigenvalue weighted by molar-refractivity contribution is -0.136. The Hall–Kier alpha value is -2.15. The number of nitrogens with one attached hydrogen (secondary N) is 3. The summed E-state index contributed by atoms with van der Waals surface area (Å²) in [5.74, 6) is -0.292. The van der Waals surface area contributed by atoms with Gasteiger partial charge in [-0.3, -0.25) is 9.59 Å². The van der Waals surface area contributed by atoms with Gasteiger partial charge in [0.05, 0.1) is 6.33 Å².